The summed E-state index contributed by atoms with van der Waals surface area (Å²) >= 11 is 0. The first kappa shape index (κ1) is 18.2. The van der Waals surface area contributed by atoms with E-state index in [-0.39, 0.29) is 6.09 Å². The second-order valence-corrected chi connectivity index (χ2v) is 6.91. The molecule has 0 spiro atoms. The van der Waals surface area contributed by atoms with Gasteiger partial charge in [0.25, 0.3) is 0 Å². The molecule has 1 aliphatic heterocycles. The van der Waals surface area contributed by atoms with Crippen molar-refractivity contribution in [2.75, 3.05) is 19.6 Å². The normalized spacial score (nSPS) is 18.3. The van der Waals surface area contributed by atoms with E-state index in [1.807, 2.05) is 20.8 Å². The third-order valence-corrected chi connectivity index (χ3v) is 3.61. The highest BCUT2D eigenvalue weighted by Gasteiger charge is 2.20. The Kier molecular flexibility index (Phi) is 8.04. The molecule has 1 aliphatic rings. The molecule has 21 heavy (non-hydrogen) atoms. The van der Waals surface area contributed by atoms with Gasteiger partial charge in [0.05, 0.1) is 0 Å². The maximum absolute atomic E-state index is 11.8. The summed E-state index contributed by atoms with van der Waals surface area (Å²) in [7, 11) is 0. The highest BCUT2D eigenvalue weighted by atomic mass is 16.6. The fourth-order valence-electron chi connectivity index (χ4n) is 2.54. The van der Waals surface area contributed by atoms with E-state index in [1.54, 1.807) is 0 Å². The van der Waals surface area contributed by atoms with Crippen LogP contribution in [0.2, 0.25) is 0 Å². The van der Waals surface area contributed by atoms with Gasteiger partial charge in [-0.15, -0.1) is 0 Å². The van der Waals surface area contributed by atoms with E-state index < -0.39 is 5.60 Å². The standard InChI is InChI=1S/C16H33N3O2/c1-5-6-7-14(19-13-8-10-17-11-9-13)12-18-15(20)21-16(2,3)4/h13-14,17,19H,5-12H2,1-4H3,(H,18,20). The Bertz CT molecular complexity index is 296. The van der Waals surface area contributed by atoms with E-state index in [4.69, 9.17) is 4.74 Å². The lowest BCUT2D eigenvalue weighted by atomic mass is 10.0. The number of hydrogen-bond acceptors (Lipinski definition) is 4. The number of piperidine rings is 1. The molecule has 0 saturated carbocycles. The van der Waals surface area contributed by atoms with E-state index in [0.29, 0.717) is 18.6 Å². The Balaban J connectivity index is 2.36. The first-order valence-corrected chi connectivity index (χ1v) is 8.34. The van der Waals surface area contributed by atoms with Crippen LogP contribution in [-0.2, 0) is 4.74 Å². The number of alkyl carbamates (subject to hydrolysis) is 1. The molecule has 0 radical (unpaired) electrons. The van der Waals surface area contributed by atoms with Gasteiger partial charge >= 0.3 is 6.09 Å². The van der Waals surface area contributed by atoms with Crippen molar-refractivity contribution in [3.05, 3.63) is 0 Å². The molecule has 5 nitrogen and oxygen atoms in total. The quantitative estimate of drug-likeness (QED) is 0.675. The topological polar surface area (TPSA) is 62.4 Å². The van der Waals surface area contributed by atoms with Crippen molar-refractivity contribution in [2.24, 2.45) is 0 Å². The van der Waals surface area contributed by atoms with Crippen LogP contribution in [-0.4, -0.2) is 43.4 Å². The van der Waals surface area contributed by atoms with Crippen LogP contribution in [0.15, 0.2) is 0 Å². The van der Waals surface area contributed by atoms with Gasteiger partial charge in [-0.2, -0.15) is 0 Å². The Hall–Kier alpha value is -0.810. The molecule has 1 amide bonds. The molecule has 0 aromatic carbocycles. The third kappa shape index (κ3) is 8.94. The van der Waals surface area contributed by atoms with Crippen LogP contribution in [0.1, 0.15) is 59.8 Å². The number of rotatable bonds is 7. The lowest BCUT2D eigenvalue weighted by Gasteiger charge is -2.29. The largest absolute Gasteiger partial charge is 0.444 e. The van der Waals surface area contributed by atoms with E-state index in [0.717, 1.165) is 32.4 Å². The van der Waals surface area contributed by atoms with Gasteiger partial charge in [0, 0.05) is 18.6 Å². The zero-order valence-electron chi connectivity index (χ0n) is 14.1. The van der Waals surface area contributed by atoms with Crippen LogP contribution in [0.25, 0.3) is 0 Å². The number of carbonyl (C=O) groups excluding carboxylic acids is 1. The van der Waals surface area contributed by atoms with Gasteiger partial charge < -0.3 is 20.7 Å². The number of ether oxygens (including phenoxy) is 1. The van der Waals surface area contributed by atoms with Crippen molar-refractivity contribution in [3.63, 3.8) is 0 Å². The van der Waals surface area contributed by atoms with Crippen molar-refractivity contribution >= 4 is 6.09 Å². The molecule has 1 saturated heterocycles. The summed E-state index contributed by atoms with van der Waals surface area (Å²) in [5.74, 6) is 0. The van der Waals surface area contributed by atoms with Crippen LogP contribution < -0.4 is 16.0 Å². The van der Waals surface area contributed by atoms with Gasteiger partial charge in [0.15, 0.2) is 0 Å². The Morgan fingerprint density at radius 3 is 2.57 bits per heavy atom. The van der Waals surface area contributed by atoms with Crippen LogP contribution in [0.4, 0.5) is 4.79 Å². The third-order valence-electron chi connectivity index (χ3n) is 3.61. The lowest BCUT2D eigenvalue weighted by molar-refractivity contribution is 0.0520. The van der Waals surface area contributed by atoms with Gasteiger partial charge in [0.1, 0.15) is 5.60 Å². The summed E-state index contributed by atoms with van der Waals surface area (Å²) in [5, 5.41) is 9.97. The van der Waals surface area contributed by atoms with Crippen molar-refractivity contribution in [1.82, 2.24) is 16.0 Å². The predicted octanol–water partition coefficient (Wildman–Crippen LogP) is 2.41. The molecule has 0 aromatic heterocycles. The summed E-state index contributed by atoms with van der Waals surface area (Å²) in [6.45, 7) is 10.6. The van der Waals surface area contributed by atoms with Crippen molar-refractivity contribution in [1.29, 1.82) is 0 Å². The van der Waals surface area contributed by atoms with Crippen LogP contribution >= 0.6 is 0 Å². The maximum Gasteiger partial charge on any atom is 0.407 e. The summed E-state index contributed by atoms with van der Waals surface area (Å²) in [6.07, 6.45) is 5.45. The van der Waals surface area contributed by atoms with E-state index in [2.05, 4.69) is 22.9 Å². The number of unbranched alkanes of at least 4 members (excludes halogenated alkanes) is 1. The fraction of sp³-hybridized carbons (Fsp3) is 0.938. The van der Waals surface area contributed by atoms with E-state index in [9.17, 15) is 4.79 Å². The van der Waals surface area contributed by atoms with Crippen LogP contribution in [0, 0.1) is 0 Å². The molecule has 1 unspecified atom stereocenters. The molecule has 1 heterocycles. The van der Waals surface area contributed by atoms with Gasteiger partial charge in [-0.25, -0.2) is 4.79 Å². The molecule has 124 valence electrons. The second kappa shape index (κ2) is 9.26. The van der Waals surface area contributed by atoms with Gasteiger partial charge in [0.2, 0.25) is 0 Å². The Morgan fingerprint density at radius 1 is 1.33 bits per heavy atom. The minimum atomic E-state index is -0.439. The number of carbonyl (C=O) groups is 1. The lowest BCUT2D eigenvalue weighted by Crippen LogP contribution is -2.49. The van der Waals surface area contributed by atoms with Crippen molar-refractivity contribution < 1.29 is 9.53 Å². The summed E-state index contributed by atoms with van der Waals surface area (Å²) in [4.78, 5) is 11.8. The van der Waals surface area contributed by atoms with Crippen molar-refractivity contribution in [3.8, 4) is 0 Å². The highest BCUT2D eigenvalue weighted by molar-refractivity contribution is 5.67. The molecule has 0 bridgehead atoms. The summed E-state index contributed by atoms with van der Waals surface area (Å²) in [5.41, 5.74) is -0.439. The number of hydrogen-bond donors (Lipinski definition) is 3. The van der Waals surface area contributed by atoms with Crippen molar-refractivity contribution in [2.45, 2.75) is 77.5 Å². The second-order valence-electron chi connectivity index (χ2n) is 6.91. The molecule has 1 fully saturated rings. The molecule has 5 heteroatoms. The molecule has 1 rings (SSSR count). The maximum atomic E-state index is 11.8. The van der Waals surface area contributed by atoms with Crippen LogP contribution in [0.3, 0.4) is 0 Å². The summed E-state index contributed by atoms with van der Waals surface area (Å²) < 4.78 is 5.29. The van der Waals surface area contributed by atoms with Gasteiger partial charge in [-0.3, -0.25) is 0 Å². The first-order valence-electron chi connectivity index (χ1n) is 8.34. The predicted molar refractivity (Wildman–Crippen MR) is 86.6 cm³/mol. The molecular formula is C16H33N3O2. The molecule has 3 N–H and O–H groups in total. The average Bonchev–Trinajstić information content (AvgIpc) is 2.41. The Morgan fingerprint density at radius 2 is 2.00 bits per heavy atom. The van der Waals surface area contributed by atoms with E-state index >= 15 is 0 Å². The fourth-order valence-corrected chi connectivity index (χ4v) is 2.54. The molecule has 0 aromatic rings. The van der Waals surface area contributed by atoms with E-state index in [1.165, 1.54) is 12.8 Å². The molecule has 0 aliphatic carbocycles. The minimum Gasteiger partial charge on any atom is -0.444 e. The Labute approximate surface area is 129 Å². The summed E-state index contributed by atoms with van der Waals surface area (Å²) in [6, 6.07) is 0.897. The zero-order chi connectivity index (χ0) is 15.7. The molecule has 1 atom stereocenters. The zero-order valence-corrected chi connectivity index (χ0v) is 14.1. The molecular weight excluding hydrogens is 266 g/mol. The smallest absolute Gasteiger partial charge is 0.407 e. The van der Waals surface area contributed by atoms with Gasteiger partial charge in [-0.05, 0) is 53.1 Å². The highest BCUT2D eigenvalue weighted by Crippen LogP contribution is 2.09. The first-order chi connectivity index (χ1) is 9.90. The van der Waals surface area contributed by atoms with Crippen LogP contribution in [0.5, 0.6) is 0 Å². The number of nitrogens with one attached hydrogen (secondary N) is 3. The minimum absolute atomic E-state index is 0.323. The average molecular weight is 299 g/mol. The number of amides is 1. The van der Waals surface area contributed by atoms with Gasteiger partial charge in [-0.1, -0.05) is 19.8 Å². The monoisotopic (exact) mass is 299 g/mol. The SMILES string of the molecule is CCCCC(CNC(=O)OC(C)(C)C)NC1CCNCC1.